The molecule has 0 aliphatic heterocycles. The molecule has 2 N–H and O–H groups in total. The maximum Gasteiger partial charge on any atom is 0.334 e. The van der Waals surface area contributed by atoms with Crippen molar-refractivity contribution >= 4 is 5.97 Å². The number of benzene rings is 1. The van der Waals surface area contributed by atoms with E-state index in [2.05, 4.69) is 11.3 Å². The molecule has 0 aromatic heterocycles. The van der Waals surface area contributed by atoms with E-state index < -0.39 is 11.9 Å². The molecule has 0 aliphatic carbocycles. The van der Waals surface area contributed by atoms with Gasteiger partial charge in [0.2, 0.25) is 0 Å². The molecule has 0 unspecified atom stereocenters. The predicted molar refractivity (Wildman–Crippen MR) is 53.6 cm³/mol. The lowest BCUT2D eigenvalue weighted by Gasteiger charge is -2.20. The van der Waals surface area contributed by atoms with Crippen LogP contribution >= 0.6 is 0 Å². The van der Waals surface area contributed by atoms with Crippen molar-refractivity contribution in [2.75, 3.05) is 0 Å². The number of aliphatic hydroxyl groups is 2. The van der Waals surface area contributed by atoms with E-state index in [1.807, 2.05) is 0 Å². The fourth-order valence-corrected chi connectivity index (χ4v) is 1.10. The third kappa shape index (κ3) is 3.93. The van der Waals surface area contributed by atoms with Crippen LogP contribution in [0.1, 0.15) is 5.56 Å². The molecule has 0 atom stereocenters. The van der Waals surface area contributed by atoms with Crippen molar-refractivity contribution in [3.05, 3.63) is 48.6 Å². The molecular formula is C11H12O4. The van der Waals surface area contributed by atoms with Gasteiger partial charge in [-0.15, -0.1) is 0 Å². The van der Waals surface area contributed by atoms with Gasteiger partial charge in [-0.1, -0.05) is 36.9 Å². The summed E-state index contributed by atoms with van der Waals surface area (Å²) in [5, 5.41) is 18.7. The van der Waals surface area contributed by atoms with E-state index in [-0.39, 0.29) is 6.42 Å². The summed E-state index contributed by atoms with van der Waals surface area (Å²) in [6.45, 7) is 3.16. The van der Waals surface area contributed by atoms with Gasteiger partial charge in [0, 0.05) is 6.08 Å². The Bertz CT molecular complexity index is 343. The Morgan fingerprint density at radius 2 is 2.00 bits per heavy atom. The van der Waals surface area contributed by atoms with Gasteiger partial charge in [-0.05, 0) is 5.56 Å². The summed E-state index contributed by atoms with van der Waals surface area (Å²) in [6, 6.07) is 8.70. The second kappa shape index (κ2) is 4.72. The van der Waals surface area contributed by atoms with E-state index in [1.54, 1.807) is 30.3 Å². The zero-order valence-corrected chi connectivity index (χ0v) is 8.09. The lowest BCUT2D eigenvalue weighted by atomic mass is 10.1. The van der Waals surface area contributed by atoms with Crippen molar-refractivity contribution in [1.82, 2.24) is 0 Å². The molecule has 1 aromatic carbocycles. The van der Waals surface area contributed by atoms with Gasteiger partial charge in [-0.3, -0.25) is 0 Å². The molecule has 0 saturated carbocycles. The molecule has 0 amide bonds. The van der Waals surface area contributed by atoms with Crippen LogP contribution in [0.25, 0.3) is 0 Å². The summed E-state index contributed by atoms with van der Waals surface area (Å²) in [7, 11) is 0. The van der Waals surface area contributed by atoms with Crippen molar-refractivity contribution in [3.8, 4) is 0 Å². The summed E-state index contributed by atoms with van der Waals surface area (Å²) in [4.78, 5) is 10.8. The van der Waals surface area contributed by atoms with Crippen LogP contribution in [0.3, 0.4) is 0 Å². The maximum atomic E-state index is 10.8. The molecule has 15 heavy (non-hydrogen) atoms. The van der Waals surface area contributed by atoms with Crippen molar-refractivity contribution in [2.24, 2.45) is 0 Å². The van der Waals surface area contributed by atoms with Gasteiger partial charge in [0.15, 0.2) is 0 Å². The maximum absolute atomic E-state index is 10.8. The molecular weight excluding hydrogens is 196 g/mol. The molecule has 0 bridgehead atoms. The number of hydrogen-bond donors (Lipinski definition) is 2. The number of carbonyl (C=O) groups is 1. The zero-order chi connectivity index (χ0) is 11.3. The third-order valence-corrected chi connectivity index (χ3v) is 1.71. The van der Waals surface area contributed by atoms with Crippen LogP contribution < -0.4 is 0 Å². The fraction of sp³-hybridized carbons (Fsp3) is 0.182. The topological polar surface area (TPSA) is 66.8 Å². The average molecular weight is 208 g/mol. The molecule has 0 aliphatic rings. The predicted octanol–water partition coefficient (Wildman–Crippen LogP) is 0.597. The average Bonchev–Trinajstić information content (AvgIpc) is 2.17. The molecule has 0 fully saturated rings. The van der Waals surface area contributed by atoms with Crippen LogP contribution in [0, 0.1) is 0 Å². The first-order valence-corrected chi connectivity index (χ1v) is 4.37. The number of rotatable bonds is 4. The number of ether oxygens (including phenoxy) is 1. The van der Waals surface area contributed by atoms with Gasteiger partial charge in [0.1, 0.15) is 0 Å². The summed E-state index contributed by atoms with van der Waals surface area (Å²) in [5.74, 6) is -3.37. The quantitative estimate of drug-likeness (QED) is 0.432. The highest BCUT2D eigenvalue weighted by molar-refractivity contribution is 5.81. The van der Waals surface area contributed by atoms with Crippen LogP contribution in [0.4, 0.5) is 0 Å². The van der Waals surface area contributed by atoms with Crippen LogP contribution in [-0.2, 0) is 16.0 Å². The molecule has 4 heteroatoms. The Labute approximate surface area is 87.4 Å². The minimum absolute atomic E-state index is 0.187. The second-order valence-electron chi connectivity index (χ2n) is 3.03. The number of hydrogen-bond acceptors (Lipinski definition) is 4. The highest BCUT2D eigenvalue weighted by Crippen LogP contribution is 2.12. The van der Waals surface area contributed by atoms with Gasteiger partial charge in [0.05, 0.1) is 6.42 Å². The molecule has 1 rings (SSSR count). The lowest BCUT2D eigenvalue weighted by Crippen LogP contribution is -2.36. The van der Waals surface area contributed by atoms with Crippen molar-refractivity contribution < 1.29 is 19.7 Å². The van der Waals surface area contributed by atoms with Crippen molar-refractivity contribution in [1.29, 1.82) is 0 Å². The van der Waals surface area contributed by atoms with Gasteiger partial charge in [-0.25, -0.2) is 4.79 Å². The Hall–Kier alpha value is -1.65. The molecule has 0 radical (unpaired) electrons. The number of carbonyl (C=O) groups excluding carboxylic acids is 1. The van der Waals surface area contributed by atoms with Gasteiger partial charge >= 0.3 is 11.9 Å². The van der Waals surface area contributed by atoms with E-state index in [4.69, 9.17) is 0 Å². The van der Waals surface area contributed by atoms with E-state index in [9.17, 15) is 15.0 Å². The summed E-state index contributed by atoms with van der Waals surface area (Å²) >= 11 is 0. The highest BCUT2D eigenvalue weighted by atomic mass is 16.8. The van der Waals surface area contributed by atoms with Gasteiger partial charge in [0.25, 0.3) is 0 Å². The van der Waals surface area contributed by atoms with E-state index in [0.29, 0.717) is 5.56 Å². The normalized spacial score (nSPS) is 10.8. The minimum Gasteiger partial charge on any atom is -0.405 e. The summed E-state index contributed by atoms with van der Waals surface area (Å²) in [5.41, 5.74) is 0.652. The summed E-state index contributed by atoms with van der Waals surface area (Å²) < 4.78 is 4.35. The Morgan fingerprint density at radius 1 is 1.40 bits per heavy atom. The van der Waals surface area contributed by atoms with Crippen LogP contribution in [0.2, 0.25) is 0 Å². The first kappa shape index (κ1) is 11.4. The van der Waals surface area contributed by atoms with E-state index in [1.165, 1.54) is 0 Å². The lowest BCUT2D eigenvalue weighted by molar-refractivity contribution is -0.315. The van der Waals surface area contributed by atoms with Crippen LogP contribution in [-0.4, -0.2) is 22.2 Å². The fourth-order valence-electron chi connectivity index (χ4n) is 1.10. The standard InChI is InChI=1S/C11H12O4/c1-2-10(12)15-11(13,14)8-9-6-4-3-5-7-9/h2-7,13-14H,1,8H2. The highest BCUT2D eigenvalue weighted by Gasteiger charge is 2.27. The van der Waals surface area contributed by atoms with E-state index in [0.717, 1.165) is 6.08 Å². The molecule has 0 saturated heterocycles. The monoisotopic (exact) mass is 208 g/mol. The van der Waals surface area contributed by atoms with Crippen LogP contribution in [0.5, 0.6) is 0 Å². The molecule has 80 valence electrons. The van der Waals surface area contributed by atoms with Crippen molar-refractivity contribution in [3.63, 3.8) is 0 Å². The largest absolute Gasteiger partial charge is 0.405 e. The summed E-state index contributed by atoms with van der Waals surface area (Å²) in [6.07, 6.45) is 0.680. The van der Waals surface area contributed by atoms with Gasteiger partial charge < -0.3 is 14.9 Å². The minimum atomic E-state index is -2.49. The first-order chi connectivity index (χ1) is 7.03. The first-order valence-electron chi connectivity index (χ1n) is 4.37. The van der Waals surface area contributed by atoms with E-state index >= 15 is 0 Å². The van der Waals surface area contributed by atoms with Crippen molar-refractivity contribution in [2.45, 2.75) is 12.4 Å². The molecule has 0 heterocycles. The molecule has 4 nitrogen and oxygen atoms in total. The number of esters is 1. The Morgan fingerprint density at radius 3 is 2.53 bits per heavy atom. The molecule has 1 aromatic rings. The zero-order valence-electron chi connectivity index (χ0n) is 8.09. The smallest absolute Gasteiger partial charge is 0.334 e. The van der Waals surface area contributed by atoms with Gasteiger partial charge in [-0.2, -0.15) is 0 Å². The Balaban J connectivity index is 2.64. The second-order valence-corrected chi connectivity index (χ2v) is 3.03. The molecule has 0 spiro atoms. The Kier molecular flexibility index (Phi) is 3.60. The SMILES string of the molecule is C=CC(=O)OC(O)(O)Cc1ccccc1. The van der Waals surface area contributed by atoms with Crippen LogP contribution in [0.15, 0.2) is 43.0 Å². The third-order valence-electron chi connectivity index (χ3n) is 1.71.